The van der Waals surface area contributed by atoms with E-state index in [9.17, 15) is 9.59 Å². The molecule has 0 saturated carbocycles. The normalized spacial score (nSPS) is 10.5. The van der Waals surface area contributed by atoms with Crippen molar-refractivity contribution in [1.82, 2.24) is 4.90 Å². The minimum absolute atomic E-state index is 0.171. The summed E-state index contributed by atoms with van der Waals surface area (Å²) in [7, 11) is 6.58. The fourth-order valence-electron chi connectivity index (χ4n) is 3.52. The first-order valence-electron chi connectivity index (χ1n) is 10.7. The monoisotopic (exact) mass is 463 g/mol. The predicted octanol–water partition coefficient (Wildman–Crippen LogP) is 4.04. The van der Waals surface area contributed by atoms with Crippen LogP contribution in [0.25, 0.3) is 0 Å². The van der Waals surface area contributed by atoms with Crippen molar-refractivity contribution in [2.24, 2.45) is 0 Å². The number of carbonyl (C=O) groups is 2. The van der Waals surface area contributed by atoms with Gasteiger partial charge in [-0.1, -0.05) is 24.3 Å². The minimum atomic E-state index is -0.269. The Hall–Kier alpha value is -4.04. The van der Waals surface area contributed by atoms with Gasteiger partial charge < -0.3 is 24.8 Å². The molecule has 3 rings (SSSR count). The molecule has 3 aromatic carbocycles. The maximum absolute atomic E-state index is 12.6. The standard InChI is InChI=1S/C26H29N3O5/c1-29(16-19-8-7-11-23(33-3)25(19)34-4)17-24(30)27-20-14-12-18(13-15-20)26(31)28-21-9-5-6-10-22(21)32-2/h5-15H,16-17H2,1-4H3,(H,27,30)(H,28,31). The summed E-state index contributed by atoms with van der Waals surface area (Å²) < 4.78 is 16.0. The Morgan fingerprint density at radius 3 is 2.15 bits per heavy atom. The fraction of sp³-hybridized carbons (Fsp3) is 0.231. The summed E-state index contributed by atoms with van der Waals surface area (Å²) in [5, 5.41) is 5.68. The lowest BCUT2D eigenvalue weighted by Gasteiger charge is -2.19. The highest BCUT2D eigenvalue weighted by Crippen LogP contribution is 2.31. The maximum atomic E-state index is 12.6. The molecule has 0 saturated heterocycles. The Kier molecular flexibility index (Phi) is 8.48. The van der Waals surface area contributed by atoms with Crippen molar-refractivity contribution in [2.75, 3.05) is 45.6 Å². The van der Waals surface area contributed by atoms with Crippen molar-refractivity contribution in [3.05, 3.63) is 77.9 Å². The van der Waals surface area contributed by atoms with Gasteiger partial charge >= 0.3 is 0 Å². The van der Waals surface area contributed by atoms with Crippen LogP contribution in [0.3, 0.4) is 0 Å². The first-order chi connectivity index (χ1) is 16.4. The molecule has 0 atom stereocenters. The van der Waals surface area contributed by atoms with Gasteiger partial charge in [0.25, 0.3) is 5.91 Å². The first-order valence-corrected chi connectivity index (χ1v) is 10.7. The van der Waals surface area contributed by atoms with Crippen molar-refractivity contribution >= 4 is 23.2 Å². The molecule has 0 unspecified atom stereocenters. The van der Waals surface area contributed by atoms with Crippen LogP contribution in [-0.2, 0) is 11.3 Å². The van der Waals surface area contributed by atoms with E-state index in [2.05, 4.69) is 10.6 Å². The summed E-state index contributed by atoms with van der Waals surface area (Å²) >= 11 is 0. The molecule has 0 aliphatic heterocycles. The van der Waals surface area contributed by atoms with Gasteiger partial charge in [-0.15, -0.1) is 0 Å². The number of hydrogen-bond acceptors (Lipinski definition) is 6. The van der Waals surface area contributed by atoms with Gasteiger partial charge in [-0.3, -0.25) is 14.5 Å². The Morgan fingerprint density at radius 1 is 0.794 bits per heavy atom. The van der Waals surface area contributed by atoms with Crippen LogP contribution in [0.1, 0.15) is 15.9 Å². The highest BCUT2D eigenvalue weighted by molar-refractivity contribution is 6.05. The molecule has 2 N–H and O–H groups in total. The number of carbonyl (C=O) groups excluding carboxylic acids is 2. The number of rotatable bonds is 10. The smallest absolute Gasteiger partial charge is 0.255 e. The Labute approximate surface area is 199 Å². The third-order valence-electron chi connectivity index (χ3n) is 5.12. The highest BCUT2D eigenvalue weighted by Gasteiger charge is 2.14. The molecule has 0 aromatic heterocycles. The van der Waals surface area contributed by atoms with Gasteiger partial charge in [0.1, 0.15) is 5.75 Å². The molecule has 0 aliphatic carbocycles. The number of likely N-dealkylation sites (N-methyl/N-ethyl adjacent to an activating group) is 1. The molecule has 0 radical (unpaired) electrons. The van der Waals surface area contributed by atoms with E-state index in [1.54, 1.807) is 57.7 Å². The first kappa shape index (κ1) is 24.6. The van der Waals surface area contributed by atoms with Crippen LogP contribution in [0.4, 0.5) is 11.4 Å². The summed E-state index contributed by atoms with van der Waals surface area (Å²) in [6.45, 7) is 0.687. The third-order valence-corrected chi connectivity index (χ3v) is 5.12. The van der Waals surface area contributed by atoms with E-state index in [1.165, 1.54) is 0 Å². The zero-order valence-corrected chi connectivity index (χ0v) is 19.8. The number of anilines is 2. The van der Waals surface area contributed by atoms with Gasteiger partial charge in [0.15, 0.2) is 11.5 Å². The third kappa shape index (κ3) is 6.26. The van der Waals surface area contributed by atoms with Gasteiger partial charge in [0.05, 0.1) is 33.6 Å². The number of methoxy groups -OCH3 is 3. The lowest BCUT2D eigenvalue weighted by atomic mass is 10.1. The number of hydrogen-bond donors (Lipinski definition) is 2. The van der Waals surface area contributed by atoms with E-state index in [0.29, 0.717) is 40.7 Å². The summed E-state index contributed by atoms with van der Waals surface area (Å²) in [6.07, 6.45) is 0. The molecule has 0 fully saturated rings. The number of para-hydroxylation sites is 3. The van der Waals surface area contributed by atoms with Gasteiger partial charge in [-0.2, -0.15) is 0 Å². The van der Waals surface area contributed by atoms with Crippen LogP contribution >= 0.6 is 0 Å². The molecule has 8 nitrogen and oxygen atoms in total. The van der Waals surface area contributed by atoms with Crippen LogP contribution in [0.15, 0.2) is 66.7 Å². The number of ether oxygens (including phenoxy) is 3. The largest absolute Gasteiger partial charge is 0.495 e. The van der Waals surface area contributed by atoms with Gasteiger partial charge in [-0.25, -0.2) is 0 Å². The SMILES string of the molecule is COc1ccccc1NC(=O)c1ccc(NC(=O)CN(C)Cc2cccc(OC)c2OC)cc1. The number of benzene rings is 3. The molecule has 2 amide bonds. The number of nitrogens with zero attached hydrogens (tertiary/aromatic N) is 1. The molecular weight excluding hydrogens is 434 g/mol. The fourth-order valence-corrected chi connectivity index (χ4v) is 3.52. The average molecular weight is 464 g/mol. The number of amides is 2. The summed E-state index contributed by atoms with van der Waals surface area (Å²) in [5.74, 6) is 1.44. The average Bonchev–Trinajstić information content (AvgIpc) is 2.84. The molecule has 0 heterocycles. The van der Waals surface area contributed by atoms with Crippen LogP contribution < -0.4 is 24.8 Å². The van der Waals surface area contributed by atoms with E-state index >= 15 is 0 Å². The van der Waals surface area contributed by atoms with Crippen molar-refractivity contribution in [2.45, 2.75) is 6.54 Å². The van der Waals surface area contributed by atoms with Crippen molar-refractivity contribution < 1.29 is 23.8 Å². The van der Waals surface area contributed by atoms with Crippen LogP contribution in [0.2, 0.25) is 0 Å². The molecule has 0 aliphatic rings. The van der Waals surface area contributed by atoms with E-state index in [-0.39, 0.29) is 18.4 Å². The zero-order valence-electron chi connectivity index (χ0n) is 19.8. The minimum Gasteiger partial charge on any atom is -0.495 e. The Morgan fingerprint density at radius 2 is 1.47 bits per heavy atom. The zero-order chi connectivity index (χ0) is 24.5. The molecule has 0 bridgehead atoms. The lowest BCUT2D eigenvalue weighted by molar-refractivity contribution is -0.117. The van der Waals surface area contributed by atoms with Crippen LogP contribution in [-0.4, -0.2) is 51.6 Å². The highest BCUT2D eigenvalue weighted by atomic mass is 16.5. The van der Waals surface area contributed by atoms with E-state index in [4.69, 9.17) is 14.2 Å². The quantitative estimate of drug-likeness (QED) is 0.472. The maximum Gasteiger partial charge on any atom is 0.255 e. The van der Waals surface area contributed by atoms with Gasteiger partial charge in [0.2, 0.25) is 5.91 Å². The van der Waals surface area contributed by atoms with Crippen molar-refractivity contribution in [3.8, 4) is 17.2 Å². The topological polar surface area (TPSA) is 89.1 Å². The summed E-state index contributed by atoms with van der Waals surface area (Å²) in [6, 6.07) is 19.5. The van der Waals surface area contributed by atoms with Gasteiger partial charge in [-0.05, 0) is 49.5 Å². The molecule has 0 spiro atoms. The number of nitrogens with one attached hydrogen (secondary N) is 2. The van der Waals surface area contributed by atoms with E-state index < -0.39 is 0 Å². The van der Waals surface area contributed by atoms with E-state index in [1.807, 2.05) is 42.3 Å². The Balaban J connectivity index is 1.56. The second kappa shape index (κ2) is 11.7. The molecule has 8 heteroatoms. The van der Waals surface area contributed by atoms with Crippen molar-refractivity contribution in [3.63, 3.8) is 0 Å². The predicted molar refractivity (Wildman–Crippen MR) is 132 cm³/mol. The molecule has 34 heavy (non-hydrogen) atoms. The van der Waals surface area contributed by atoms with Crippen LogP contribution in [0.5, 0.6) is 17.2 Å². The molecule has 178 valence electrons. The second-order valence-corrected chi connectivity index (χ2v) is 7.60. The molecular formula is C26H29N3O5. The Bertz CT molecular complexity index is 1130. The summed E-state index contributed by atoms with van der Waals surface area (Å²) in [4.78, 5) is 26.9. The lowest BCUT2D eigenvalue weighted by Crippen LogP contribution is -2.30. The summed E-state index contributed by atoms with van der Waals surface area (Å²) in [5.41, 5.74) is 2.57. The van der Waals surface area contributed by atoms with Crippen LogP contribution in [0, 0.1) is 0 Å². The second-order valence-electron chi connectivity index (χ2n) is 7.60. The van der Waals surface area contributed by atoms with Gasteiger partial charge in [0, 0.05) is 23.4 Å². The van der Waals surface area contributed by atoms with Crippen molar-refractivity contribution in [1.29, 1.82) is 0 Å². The molecule has 3 aromatic rings. The van der Waals surface area contributed by atoms with E-state index in [0.717, 1.165) is 5.56 Å².